The van der Waals surface area contributed by atoms with E-state index in [1.165, 1.54) is 0 Å². The Morgan fingerprint density at radius 1 is 1.06 bits per heavy atom. The standard InChI is InChI=1S/C26H36N2O3/c1-22(2)18-26(29)28(13-7-12-27-14-16-30-17-15-27)20-24-10-6-11-25(19-24)31-21-23-8-4-3-5-9-23/h3-6,8-11,19,22H,7,12-18,20-21H2,1-2H3. The van der Waals surface area contributed by atoms with E-state index in [2.05, 4.69) is 43.0 Å². The van der Waals surface area contributed by atoms with E-state index < -0.39 is 0 Å². The molecule has 3 rings (SSSR count). The van der Waals surface area contributed by atoms with Crippen LogP contribution in [0.5, 0.6) is 5.75 Å². The second kappa shape index (κ2) is 12.5. The number of nitrogens with zero attached hydrogens (tertiary/aromatic N) is 2. The minimum Gasteiger partial charge on any atom is -0.489 e. The van der Waals surface area contributed by atoms with Crippen LogP contribution in [0, 0.1) is 5.92 Å². The fraction of sp³-hybridized carbons (Fsp3) is 0.500. The Kier molecular flexibility index (Phi) is 9.38. The van der Waals surface area contributed by atoms with Gasteiger partial charge in [-0.1, -0.05) is 56.3 Å². The lowest BCUT2D eigenvalue weighted by molar-refractivity contribution is -0.132. The quantitative estimate of drug-likeness (QED) is 0.537. The van der Waals surface area contributed by atoms with Crippen molar-refractivity contribution >= 4 is 5.91 Å². The van der Waals surface area contributed by atoms with Crippen LogP contribution in [0.3, 0.4) is 0 Å². The van der Waals surface area contributed by atoms with Crippen molar-refractivity contribution in [2.75, 3.05) is 39.4 Å². The van der Waals surface area contributed by atoms with Crippen LogP contribution in [0.4, 0.5) is 0 Å². The van der Waals surface area contributed by atoms with Gasteiger partial charge in [0.2, 0.25) is 5.91 Å². The van der Waals surface area contributed by atoms with Gasteiger partial charge in [-0.05, 0) is 35.6 Å². The van der Waals surface area contributed by atoms with Gasteiger partial charge >= 0.3 is 0 Å². The molecule has 0 saturated carbocycles. The molecule has 1 aliphatic rings. The van der Waals surface area contributed by atoms with E-state index >= 15 is 0 Å². The highest BCUT2D eigenvalue weighted by atomic mass is 16.5. The monoisotopic (exact) mass is 424 g/mol. The lowest BCUT2D eigenvalue weighted by atomic mass is 10.1. The zero-order valence-electron chi connectivity index (χ0n) is 19.0. The van der Waals surface area contributed by atoms with Gasteiger partial charge in [0, 0.05) is 39.1 Å². The molecule has 0 aromatic heterocycles. The van der Waals surface area contributed by atoms with Gasteiger partial charge in [-0.15, -0.1) is 0 Å². The molecule has 1 fully saturated rings. The summed E-state index contributed by atoms with van der Waals surface area (Å²) < 4.78 is 11.4. The van der Waals surface area contributed by atoms with Crippen molar-refractivity contribution in [1.29, 1.82) is 0 Å². The van der Waals surface area contributed by atoms with Gasteiger partial charge in [0.25, 0.3) is 0 Å². The second-order valence-electron chi connectivity index (χ2n) is 8.64. The van der Waals surface area contributed by atoms with Gasteiger partial charge in [0.05, 0.1) is 13.2 Å². The number of hydrogen-bond acceptors (Lipinski definition) is 4. The molecule has 31 heavy (non-hydrogen) atoms. The maximum absolute atomic E-state index is 12.9. The number of ether oxygens (including phenoxy) is 2. The third kappa shape index (κ3) is 8.35. The summed E-state index contributed by atoms with van der Waals surface area (Å²) >= 11 is 0. The molecule has 1 heterocycles. The number of carbonyl (C=O) groups excluding carboxylic acids is 1. The first-order chi connectivity index (χ1) is 15.1. The molecule has 0 spiro atoms. The average Bonchev–Trinajstić information content (AvgIpc) is 2.78. The lowest BCUT2D eigenvalue weighted by Crippen LogP contribution is -2.39. The highest BCUT2D eigenvalue weighted by Gasteiger charge is 2.17. The lowest BCUT2D eigenvalue weighted by Gasteiger charge is -2.29. The molecule has 0 atom stereocenters. The van der Waals surface area contributed by atoms with Crippen molar-refractivity contribution in [3.8, 4) is 5.75 Å². The molecule has 5 heteroatoms. The first-order valence-electron chi connectivity index (χ1n) is 11.4. The van der Waals surface area contributed by atoms with E-state index in [-0.39, 0.29) is 5.91 Å². The van der Waals surface area contributed by atoms with Gasteiger partial charge in [-0.2, -0.15) is 0 Å². The Labute approximate surface area is 187 Å². The van der Waals surface area contributed by atoms with Gasteiger partial charge in [-0.3, -0.25) is 9.69 Å². The summed E-state index contributed by atoms with van der Waals surface area (Å²) in [5, 5.41) is 0. The SMILES string of the molecule is CC(C)CC(=O)N(CCCN1CCOCC1)Cc1cccc(OCc2ccccc2)c1. The maximum Gasteiger partial charge on any atom is 0.223 e. The normalized spacial score (nSPS) is 14.5. The fourth-order valence-electron chi connectivity index (χ4n) is 3.78. The third-order valence-corrected chi connectivity index (χ3v) is 5.46. The van der Waals surface area contributed by atoms with E-state index in [1.54, 1.807) is 0 Å². The van der Waals surface area contributed by atoms with Crippen LogP contribution >= 0.6 is 0 Å². The summed E-state index contributed by atoms with van der Waals surface area (Å²) in [6, 6.07) is 18.3. The van der Waals surface area contributed by atoms with Crippen molar-refractivity contribution in [3.63, 3.8) is 0 Å². The zero-order valence-corrected chi connectivity index (χ0v) is 19.0. The molecule has 0 N–H and O–H groups in total. The molecule has 168 valence electrons. The highest BCUT2D eigenvalue weighted by Crippen LogP contribution is 2.18. The molecule has 2 aromatic rings. The minimum absolute atomic E-state index is 0.229. The van der Waals surface area contributed by atoms with Crippen molar-refractivity contribution in [1.82, 2.24) is 9.80 Å². The van der Waals surface area contributed by atoms with E-state index in [0.29, 0.717) is 25.5 Å². The predicted molar refractivity (Wildman–Crippen MR) is 124 cm³/mol. The Hall–Kier alpha value is -2.37. The smallest absolute Gasteiger partial charge is 0.223 e. The Bertz CT molecular complexity index is 788. The van der Waals surface area contributed by atoms with Crippen LogP contribution in [0.1, 0.15) is 37.8 Å². The molecule has 1 amide bonds. The number of morpholine rings is 1. The second-order valence-corrected chi connectivity index (χ2v) is 8.64. The summed E-state index contributed by atoms with van der Waals surface area (Å²) in [7, 11) is 0. The largest absolute Gasteiger partial charge is 0.489 e. The molecule has 0 aliphatic carbocycles. The van der Waals surface area contributed by atoms with Crippen LogP contribution in [0.15, 0.2) is 54.6 Å². The number of hydrogen-bond donors (Lipinski definition) is 0. The summed E-state index contributed by atoms with van der Waals surface area (Å²) in [5.74, 6) is 1.42. The number of amides is 1. The number of benzene rings is 2. The van der Waals surface area contributed by atoms with Crippen molar-refractivity contribution in [2.45, 2.75) is 39.8 Å². The molecule has 2 aromatic carbocycles. The molecule has 5 nitrogen and oxygen atoms in total. The summed E-state index contributed by atoms with van der Waals surface area (Å²) in [6.07, 6.45) is 1.57. The van der Waals surface area contributed by atoms with E-state index in [1.807, 2.05) is 35.2 Å². The molecular weight excluding hydrogens is 388 g/mol. The van der Waals surface area contributed by atoms with Crippen molar-refractivity contribution in [3.05, 3.63) is 65.7 Å². The molecule has 1 aliphatic heterocycles. The molecular formula is C26H36N2O3. The van der Waals surface area contributed by atoms with Gasteiger partial charge in [-0.25, -0.2) is 0 Å². The minimum atomic E-state index is 0.229. The number of carbonyl (C=O) groups is 1. The van der Waals surface area contributed by atoms with E-state index in [4.69, 9.17) is 9.47 Å². The van der Waals surface area contributed by atoms with Crippen LogP contribution in [0.2, 0.25) is 0 Å². The topological polar surface area (TPSA) is 42.0 Å². The van der Waals surface area contributed by atoms with Crippen LogP contribution in [-0.4, -0.2) is 55.1 Å². The van der Waals surface area contributed by atoms with Crippen molar-refractivity contribution in [2.24, 2.45) is 5.92 Å². The first kappa shape index (κ1) is 23.3. The third-order valence-electron chi connectivity index (χ3n) is 5.46. The average molecular weight is 425 g/mol. The fourth-order valence-corrected chi connectivity index (χ4v) is 3.78. The van der Waals surface area contributed by atoms with Crippen molar-refractivity contribution < 1.29 is 14.3 Å². The summed E-state index contributed by atoms with van der Waals surface area (Å²) in [4.78, 5) is 17.3. The Balaban J connectivity index is 1.57. The van der Waals surface area contributed by atoms with Crippen LogP contribution in [-0.2, 0) is 22.7 Å². The summed E-state index contributed by atoms with van der Waals surface area (Å²) in [6.45, 7) is 10.7. The van der Waals surface area contributed by atoms with Gasteiger partial charge in [0.1, 0.15) is 12.4 Å². The highest BCUT2D eigenvalue weighted by molar-refractivity contribution is 5.76. The van der Waals surface area contributed by atoms with E-state index in [9.17, 15) is 4.79 Å². The predicted octanol–water partition coefficient (Wildman–Crippen LogP) is 4.36. The molecule has 0 unspecified atom stereocenters. The molecule has 0 radical (unpaired) electrons. The van der Waals surface area contributed by atoms with Crippen LogP contribution < -0.4 is 4.74 Å². The van der Waals surface area contributed by atoms with Crippen LogP contribution in [0.25, 0.3) is 0 Å². The summed E-state index contributed by atoms with van der Waals surface area (Å²) in [5.41, 5.74) is 2.25. The Morgan fingerprint density at radius 2 is 1.81 bits per heavy atom. The maximum atomic E-state index is 12.9. The molecule has 1 saturated heterocycles. The zero-order chi connectivity index (χ0) is 21.9. The van der Waals surface area contributed by atoms with Gasteiger partial charge in [0.15, 0.2) is 0 Å². The van der Waals surface area contributed by atoms with E-state index in [0.717, 1.165) is 62.7 Å². The van der Waals surface area contributed by atoms with Gasteiger partial charge < -0.3 is 14.4 Å². The number of rotatable bonds is 11. The Morgan fingerprint density at radius 3 is 2.55 bits per heavy atom. The first-order valence-corrected chi connectivity index (χ1v) is 11.4. The molecule has 0 bridgehead atoms.